The molecule has 0 aliphatic carbocycles. The van der Waals surface area contributed by atoms with E-state index in [0.717, 1.165) is 13.1 Å². The lowest BCUT2D eigenvalue weighted by Gasteiger charge is -2.35. The van der Waals surface area contributed by atoms with Crippen molar-refractivity contribution < 1.29 is 9.59 Å². The van der Waals surface area contributed by atoms with E-state index in [1.807, 2.05) is 20.8 Å². The Bertz CT molecular complexity index is 310. The summed E-state index contributed by atoms with van der Waals surface area (Å²) in [6, 6.07) is 0.102. The van der Waals surface area contributed by atoms with Crippen LogP contribution in [0.4, 0.5) is 0 Å². The molecule has 4 nitrogen and oxygen atoms in total. The molecule has 2 aliphatic heterocycles. The van der Waals surface area contributed by atoms with Crippen LogP contribution in [-0.2, 0) is 9.59 Å². The number of nitrogens with one attached hydrogen (secondary N) is 1. The molecule has 0 saturated carbocycles. The second-order valence-corrected chi connectivity index (χ2v) is 5.13. The maximum atomic E-state index is 12.2. The van der Waals surface area contributed by atoms with Crippen LogP contribution in [-0.4, -0.2) is 35.8 Å². The first-order valence-electron chi connectivity index (χ1n) is 5.54. The van der Waals surface area contributed by atoms with Crippen molar-refractivity contribution in [3.05, 3.63) is 0 Å². The third-order valence-corrected chi connectivity index (χ3v) is 3.89. The summed E-state index contributed by atoms with van der Waals surface area (Å²) >= 11 is 0. The standard InChI is InChI=1S/C11H18N2O2/c1-7(2)11(3)4-9(14)13(10(11)15)8-5-12-6-8/h7-8,12H,4-6H2,1-3H3. The first kappa shape index (κ1) is 10.6. The number of likely N-dealkylation sites (tertiary alicyclic amines) is 1. The SMILES string of the molecule is CC(C)C1(C)CC(=O)N(C2CNC2)C1=O. The van der Waals surface area contributed by atoms with Crippen LogP contribution in [0.1, 0.15) is 27.2 Å². The van der Waals surface area contributed by atoms with Gasteiger partial charge in [0.25, 0.3) is 0 Å². The van der Waals surface area contributed by atoms with Gasteiger partial charge in [0.05, 0.1) is 11.5 Å². The minimum absolute atomic E-state index is 0.00250. The fourth-order valence-corrected chi connectivity index (χ4v) is 2.14. The van der Waals surface area contributed by atoms with Crippen molar-refractivity contribution in [3.8, 4) is 0 Å². The quantitative estimate of drug-likeness (QED) is 0.670. The molecule has 0 aromatic rings. The predicted octanol–water partition coefficient (Wildman–Crippen LogP) is 0.379. The highest BCUT2D eigenvalue weighted by atomic mass is 16.2. The van der Waals surface area contributed by atoms with Gasteiger partial charge in [-0.3, -0.25) is 14.5 Å². The molecular formula is C11H18N2O2. The van der Waals surface area contributed by atoms with Crippen molar-refractivity contribution in [2.75, 3.05) is 13.1 Å². The Morgan fingerprint density at radius 1 is 1.40 bits per heavy atom. The number of rotatable bonds is 2. The van der Waals surface area contributed by atoms with E-state index in [4.69, 9.17) is 0 Å². The van der Waals surface area contributed by atoms with E-state index in [0.29, 0.717) is 6.42 Å². The van der Waals surface area contributed by atoms with E-state index in [1.165, 1.54) is 4.90 Å². The first-order chi connectivity index (χ1) is 6.97. The second-order valence-electron chi connectivity index (χ2n) is 5.13. The van der Waals surface area contributed by atoms with Gasteiger partial charge in [0.2, 0.25) is 11.8 Å². The average molecular weight is 210 g/mol. The lowest BCUT2D eigenvalue weighted by atomic mass is 9.78. The largest absolute Gasteiger partial charge is 0.313 e. The lowest BCUT2D eigenvalue weighted by Crippen LogP contribution is -2.59. The van der Waals surface area contributed by atoms with Crippen LogP contribution in [0, 0.1) is 11.3 Å². The zero-order chi connectivity index (χ0) is 11.2. The van der Waals surface area contributed by atoms with Gasteiger partial charge >= 0.3 is 0 Å². The third-order valence-electron chi connectivity index (χ3n) is 3.89. The summed E-state index contributed by atoms with van der Waals surface area (Å²) in [4.78, 5) is 25.5. The fraction of sp³-hybridized carbons (Fsp3) is 0.818. The van der Waals surface area contributed by atoms with Crippen LogP contribution in [0.15, 0.2) is 0 Å². The Balaban J connectivity index is 2.22. The normalized spacial score (nSPS) is 32.7. The summed E-state index contributed by atoms with van der Waals surface area (Å²) in [5, 5.41) is 3.09. The van der Waals surface area contributed by atoms with Crippen LogP contribution in [0.25, 0.3) is 0 Å². The molecule has 2 fully saturated rings. The molecule has 0 aromatic heterocycles. The van der Waals surface area contributed by atoms with E-state index in [9.17, 15) is 9.59 Å². The van der Waals surface area contributed by atoms with Crippen molar-refractivity contribution in [2.24, 2.45) is 11.3 Å². The van der Waals surface area contributed by atoms with Crippen LogP contribution >= 0.6 is 0 Å². The van der Waals surface area contributed by atoms with Gasteiger partial charge in [0.15, 0.2) is 0 Å². The van der Waals surface area contributed by atoms with Gasteiger partial charge in [0, 0.05) is 19.5 Å². The number of amides is 2. The maximum Gasteiger partial charge on any atom is 0.236 e. The highest BCUT2D eigenvalue weighted by Gasteiger charge is 2.52. The molecule has 1 unspecified atom stereocenters. The van der Waals surface area contributed by atoms with Crippen molar-refractivity contribution in [3.63, 3.8) is 0 Å². The Kier molecular flexibility index (Phi) is 2.34. The monoisotopic (exact) mass is 210 g/mol. The molecule has 2 amide bonds. The van der Waals surface area contributed by atoms with Gasteiger partial charge in [-0.05, 0) is 12.8 Å². The molecule has 1 atom stereocenters. The first-order valence-corrected chi connectivity index (χ1v) is 5.54. The second kappa shape index (κ2) is 3.30. The predicted molar refractivity (Wildman–Crippen MR) is 56.1 cm³/mol. The van der Waals surface area contributed by atoms with Gasteiger partial charge in [-0.15, -0.1) is 0 Å². The highest BCUT2D eigenvalue weighted by molar-refractivity contribution is 6.06. The molecule has 84 valence electrons. The zero-order valence-corrected chi connectivity index (χ0v) is 9.54. The van der Waals surface area contributed by atoms with E-state index >= 15 is 0 Å². The average Bonchev–Trinajstić information content (AvgIpc) is 2.27. The summed E-state index contributed by atoms with van der Waals surface area (Å²) < 4.78 is 0. The topological polar surface area (TPSA) is 49.4 Å². The molecule has 2 saturated heterocycles. The van der Waals surface area contributed by atoms with Gasteiger partial charge in [0.1, 0.15) is 0 Å². The Labute approximate surface area is 90.0 Å². The summed E-state index contributed by atoms with van der Waals surface area (Å²) in [6.07, 6.45) is 0.375. The molecule has 2 aliphatic rings. The summed E-state index contributed by atoms with van der Waals surface area (Å²) in [6.45, 7) is 7.43. The van der Waals surface area contributed by atoms with Crippen LogP contribution in [0.2, 0.25) is 0 Å². The zero-order valence-electron chi connectivity index (χ0n) is 9.54. The van der Waals surface area contributed by atoms with E-state index in [-0.39, 0.29) is 23.8 Å². The molecule has 2 heterocycles. The smallest absolute Gasteiger partial charge is 0.236 e. The van der Waals surface area contributed by atoms with Crippen LogP contribution < -0.4 is 5.32 Å². The summed E-state index contributed by atoms with van der Waals surface area (Å²) in [7, 11) is 0. The van der Waals surface area contributed by atoms with Gasteiger partial charge in [-0.1, -0.05) is 13.8 Å². The molecule has 1 N–H and O–H groups in total. The van der Waals surface area contributed by atoms with Crippen molar-refractivity contribution in [2.45, 2.75) is 33.2 Å². The maximum absolute atomic E-state index is 12.2. The molecule has 4 heteroatoms. The van der Waals surface area contributed by atoms with E-state index in [2.05, 4.69) is 5.32 Å². The van der Waals surface area contributed by atoms with Gasteiger partial charge < -0.3 is 5.32 Å². The molecule has 0 spiro atoms. The molecule has 0 radical (unpaired) electrons. The minimum atomic E-state index is -0.479. The van der Waals surface area contributed by atoms with Gasteiger partial charge in [-0.2, -0.15) is 0 Å². The van der Waals surface area contributed by atoms with Crippen LogP contribution in [0.5, 0.6) is 0 Å². The number of hydrogen-bond acceptors (Lipinski definition) is 3. The number of carbonyl (C=O) groups excluding carboxylic acids is 2. The number of hydrogen-bond donors (Lipinski definition) is 1. The van der Waals surface area contributed by atoms with Crippen molar-refractivity contribution >= 4 is 11.8 Å². The third kappa shape index (κ3) is 1.39. The Hall–Kier alpha value is -0.900. The summed E-state index contributed by atoms with van der Waals surface area (Å²) in [5.41, 5.74) is -0.479. The molecule has 15 heavy (non-hydrogen) atoms. The Morgan fingerprint density at radius 2 is 2.00 bits per heavy atom. The van der Waals surface area contributed by atoms with E-state index in [1.54, 1.807) is 0 Å². The Morgan fingerprint density at radius 3 is 2.33 bits per heavy atom. The molecule has 0 bridgehead atoms. The molecule has 0 aromatic carbocycles. The van der Waals surface area contributed by atoms with Crippen LogP contribution in [0.3, 0.4) is 0 Å². The van der Waals surface area contributed by atoms with E-state index < -0.39 is 5.41 Å². The lowest BCUT2D eigenvalue weighted by molar-refractivity contribution is -0.145. The minimum Gasteiger partial charge on any atom is -0.313 e. The summed E-state index contributed by atoms with van der Waals surface area (Å²) in [5.74, 6) is 0.240. The van der Waals surface area contributed by atoms with Crippen molar-refractivity contribution in [1.82, 2.24) is 10.2 Å². The van der Waals surface area contributed by atoms with Gasteiger partial charge in [-0.25, -0.2) is 0 Å². The number of imide groups is 1. The molecular weight excluding hydrogens is 192 g/mol. The number of nitrogens with zero attached hydrogens (tertiary/aromatic N) is 1. The number of carbonyl (C=O) groups is 2. The molecule has 2 rings (SSSR count). The fourth-order valence-electron chi connectivity index (χ4n) is 2.14. The van der Waals surface area contributed by atoms with Crippen molar-refractivity contribution in [1.29, 1.82) is 0 Å². The highest BCUT2D eigenvalue weighted by Crippen LogP contribution is 2.40.